The molecule has 0 radical (unpaired) electrons. The summed E-state index contributed by atoms with van der Waals surface area (Å²) in [5, 5.41) is 11.8. The van der Waals surface area contributed by atoms with Gasteiger partial charge in [-0.25, -0.2) is 9.18 Å². The zero-order valence-corrected chi connectivity index (χ0v) is 12.6. The fourth-order valence-corrected chi connectivity index (χ4v) is 2.72. The predicted octanol–water partition coefficient (Wildman–Crippen LogP) is 2.18. The average Bonchev–Trinajstić information content (AvgIpc) is 2.49. The lowest BCUT2D eigenvalue weighted by Gasteiger charge is -2.30. The van der Waals surface area contributed by atoms with Crippen LogP contribution in [0.2, 0.25) is 0 Å². The van der Waals surface area contributed by atoms with Crippen LogP contribution in [0.1, 0.15) is 24.0 Å². The Kier molecular flexibility index (Phi) is 5.35. The fraction of sp³-hybridized carbons (Fsp3) is 0.500. The highest BCUT2D eigenvalue weighted by Gasteiger charge is 2.27. The van der Waals surface area contributed by atoms with Gasteiger partial charge in [0, 0.05) is 19.6 Å². The predicted molar refractivity (Wildman–Crippen MR) is 80.2 cm³/mol. The van der Waals surface area contributed by atoms with Gasteiger partial charge < -0.3 is 15.3 Å². The van der Waals surface area contributed by atoms with Crippen molar-refractivity contribution in [1.82, 2.24) is 10.2 Å². The topological polar surface area (TPSA) is 69.6 Å². The molecule has 120 valence electrons. The maximum Gasteiger partial charge on any atom is 0.317 e. The van der Waals surface area contributed by atoms with Gasteiger partial charge in [0.15, 0.2) is 0 Å². The summed E-state index contributed by atoms with van der Waals surface area (Å²) in [5.74, 6) is -1.59. The van der Waals surface area contributed by atoms with Crippen LogP contribution in [0.3, 0.4) is 0 Å². The minimum atomic E-state index is -0.848. The Morgan fingerprint density at radius 3 is 2.91 bits per heavy atom. The lowest BCUT2D eigenvalue weighted by Crippen LogP contribution is -2.47. The van der Waals surface area contributed by atoms with Crippen molar-refractivity contribution in [2.75, 3.05) is 19.6 Å². The molecule has 1 aliphatic heterocycles. The molecule has 0 aliphatic carbocycles. The molecule has 1 aromatic carbocycles. The average molecular weight is 308 g/mol. The molecule has 1 saturated heterocycles. The number of urea groups is 1. The Bertz CT molecular complexity index is 562. The number of aryl methyl sites for hydroxylation is 1. The molecule has 0 saturated carbocycles. The molecule has 6 heteroatoms. The molecule has 0 aromatic heterocycles. The van der Waals surface area contributed by atoms with Crippen LogP contribution in [0.25, 0.3) is 0 Å². The van der Waals surface area contributed by atoms with Gasteiger partial charge in [-0.05, 0) is 49.4 Å². The van der Waals surface area contributed by atoms with Crippen LogP contribution >= 0.6 is 0 Å². The van der Waals surface area contributed by atoms with Crippen LogP contribution in [0.5, 0.6) is 0 Å². The van der Waals surface area contributed by atoms with Gasteiger partial charge in [-0.3, -0.25) is 4.79 Å². The van der Waals surface area contributed by atoms with E-state index >= 15 is 0 Å². The van der Waals surface area contributed by atoms with Crippen LogP contribution < -0.4 is 5.32 Å². The van der Waals surface area contributed by atoms with Gasteiger partial charge in [-0.1, -0.05) is 6.07 Å². The van der Waals surface area contributed by atoms with Gasteiger partial charge >= 0.3 is 12.0 Å². The van der Waals surface area contributed by atoms with Crippen LogP contribution in [-0.2, 0) is 11.2 Å². The summed E-state index contributed by atoms with van der Waals surface area (Å²) < 4.78 is 13.0. The van der Waals surface area contributed by atoms with Crippen molar-refractivity contribution in [3.63, 3.8) is 0 Å². The van der Waals surface area contributed by atoms with E-state index in [2.05, 4.69) is 5.32 Å². The molecule has 22 heavy (non-hydrogen) atoms. The molecule has 1 atom stereocenters. The summed E-state index contributed by atoms with van der Waals surface area (Å²) in [4.78, 5) is 24.6. The summed E-state index contributed by atoms with van der Waals surface area (Å²) >= 11 is 0. The second kappa shape index (κ2) is 7.24. The maximum atomic E-state index is 13.0. The number of nitrogens with one attached hydrogen (secondary N) is 1. The fourth-order valence-electron chi connectivity index (χ4n) is 2.72. The monoisotopic (exact) mass is 308 g/mol. The van der Waals surface area contributed by atoms with Crippen molar-refractivity contribution in [1.29, 1.82) is 0 Å². The minimum Gasteiger partial charge on any atom is -0.481 e. The van der Waals surface area contributed by atoms with E-state index in [4.69, 9.17) is 5.11 Å². The second-order valence-corrected chi connectivity index (χ2v) is 5.68. The quantitative estimate of drug-likeness (QED) is 0.896. The van der Waals surface area contributed by atoms with Crippen molar-refractivity contribution in [2.24, 2.45) is 5.92 Å². The number of halogens is 1. The summed E-state index contributed by atoms with van der Waals surface area (Å²) in [6.07, 6.45) is 1.95. The van der Waals surface area contributed by atoms with Gasteiger partial charge in [-0.2, -0.15) is 0 Å². The Hall–Kier alpha value is -2.11. The highest BCUT2D eigenvalue weighted by Crippen LogP contribution is 2.16. The van der Waals surface area contributed by atoms with E-state index in [-0.39, 0.29) is 18.4 Å². The normalized spacial score (nSPS) is 18.1. The smallest absolute Gasteiger partial charge is 0.317 e. The number of hydrogen-bond donors (Lipinski definition) is 2. The standard InChI is InChI=1S/C16H21FN2O3/c1-11-9-14(17)5-4-12(11)6-7-18-16(22)19-8-2-3-13(10-19)15(20)21/h4-5,9,13H,2-3,6-8,10H2,1H3,(H,18,22)(H,20,21). The lowest BCUT2D eigenvalue weighted by molar-refractivity contribution is -0.143. The molecule has 2 rings (SSSR count). The molecule has 1 unspecified atom stereocenters. The molecule has 1 heterocycles. The lowest BCUT2D eigenvalue weighted by atomic mass is 9.99. The third-order valence-corrected chi connectivity index (χ3v) is 4.03. The zero-order chi connectivity index (χ0) is 16.1. The summed E-state index contributed by atoms with van der Waals surface area (Å²) in [6, 6.07) is 4.37. The molecular formula is C16H21FN2O3. The summed E-state index contributed by atoms with van der Waals surface area (Å²) in [6.45, 7) is 3.13. The third kappa shape index (κ3) is 4.19. The van der Waals surface area contributed by atoms with E-state index in [1.54, 1.807) is 11.0 Å². The van der Waals surface area contributed by atoms with Crippen molar-refractivity contribution in [3.05, 3.63) is 35.1 Å². The number of nitrogens with zero attached hydrogens (tertiary/aromatic N) is 1. The van der Waals surface area contributed by atoms with Crippen LogP contribution in [0, 0.1) is 18.7 Å². The van der Waals surface area contributed by atoms with Crippen LogP contribution in [-0.4, -0.2) is 41.6 Å². The van der Waals surface area contributed by atoms with Gasteiger partial charge in [0.2, 0.25) is 0 Å². The first-order chi connectivity index (χ1) is 10.5. The number of carboxylic acids is 1. The Morgan fingerprint density at radius 2 is 2.23 bits per heavy atom. The Morgan fingerprint density at radius 1 is 1.45 bits per heavy atom. The number of rotatable bonds is 4. The second-order valence-electron chi connectivity index (χ2n) is 5.68. The first kappa shape index (κ1) is 16.3. The summed E-state index contributed by atoms with van der Waals surface area (Å²) in [7, 11) is 0. The van der Waals surface area contributed by atoms with Crippen LogP contribution in [0.15, 0.2) is 18.2 Å². The van der Waals surface area contributed by atoms with Gasteiger partial charge in [-0.15, -0.1) is 0 Å². The highest BCUT2D eigenvalue weighted by molar-refractivity contribution is 5.76. The van der Waals surface area contributed by atoms with Crippen molar-refractivity contribution >= 4 is 12.0 Å². The van der Waals surface area contributed by atoms with Gasteiger partial charge in [0.1, 0.15) is 5.82 Å². The van der Waals surface area contributed by atoms with Gasteiger partial charge in [0.05, 0.1) is 5.92 Å². The Balaban J connectivity index is 1.81. The third-order valence-electron chi connectivity index (χ3n) is 4.03. The SMILES string of the molecule is Cc1cc(F)ccc1CCNC(=O)N1CCCC(C(=O)O)C1. The van der Waals surface area contributed by atoms with E-state index < -0.39 is 11.9 Å². The molecule has 0 spiro atoms. The largest absolute Gasteiger partial charge is 0.481 e. The molecule has 2 N–H and O–H groups in total. The van der Waals surface area contributed by atoms with E-state index in [1.807, 2.05) is 6.92 Å². The Labute approximate surface area is 129 Å². The van der Waals surface area contributed by atoms with E-state index in [0.717, 1.165) is 11.1 Å². The summed E-state index contributed by atoms with van der Waals surface area (Å²) in [5.41, 5.74) is 1.85. The number of piperidine rings is 1. The number of likely N-dealkylation sites (tertiary alicyclic amines) is 1. The number of benzene rings is 1. The molecular weight excluding hydrogens is 287 g/mol. The molecule has 5 nitrogen and oxygen atoms in total. The molecule has 0 bridgehead atoms. The molecule has 1 aromatic rings. The number of amides is 2. The van der Waals surface area contributed by atoms with E-state index in [0.29, 0.717) is 32.4 Å². The minimum absolute atomic E-state index is 0.231. The number of hydrogen-bond acceptors (Lipinski definition) is 2. The maximum absolute atomic E-state index is 13.0. The number of aliphatic carboxylic acids is 1. The van der Waals surface area contributed by atoms with Crippen molar-refractivity contribution in [3.8, 4) is 0 Å². The number of carbonyl (C=O) groups is 2. The zero-order valence-electron chi connectivity index (χ0n) is 12.6. The van der Waals surface area contributed by atoms with E-state index in [9.17, 15) is 14.0 Å². The molecule has 1 fully saturated rings. The number of carbonyl (C=O) groups excluding carboxylic acids is 1. The number of carboxylic acid groups (broad SMARTS) is 1. The first-order valence-electron chi connectivity index (χ1n) is 7.48. The highest BCUT2D eigenvalue weighted by atomic mass is 19.1. The van der Waals surface area contributed by atoms with Crippen molar-refractivity contribution in [2.45, 2.75) is 26.2 Å². The van der Waals surface area contributed by atoms with Crippen LogP contribution in [0.4, 0.5) is 9.18 Å². The van der Waals surface area contributed by atoms with Crippen molar-refractivity contribution < 1.29 is 19.1 Å². The van der Waals surface area contributed by atoms with Gasteiger partial charge in [0.25, 0.3) is 0 Å². The molecule has 1 aliphatic rings. The first-order valence-corrected chi connectivity index (χ1v) is 7.48. The molecule has 2 amide bonds. The van der Waals surface area contributed by atoms with E-state index in [1.165, 1.54) is 12.1 Å².